The van der Waals surface area contributed by atoms with Crippen molar-refractivity contribution in [3.63, 3.8) is 0 Å². The van der Waals surface area contributed by atoms with E-state index in [1.54, 1.807) is 44.2 Å². The predicted octanol–water partition coefficient (Wildman–Crippen LogP) is 6.80. The number of hydrogen-bond donors (Lipinski definition) is 1. The second-order valence-corrected chi connectivity index (χ2v) is 12.0. The lowest BCUT2D eigenvalue weighted by Crippen LogP contribution is -2.48. The first-order valence-electron chi connectivity index (χ1n) is 16.5. The molecule has 2 amide bonds. The number of esters is 3. The molecule has 0 heterocycles. The molecule has 0 saturated carbocycles. The van der Waals surface area contributed by atoms with Crippen molar-refractivity contribution in [3.8, 4) is 11.1 Å². The molecule has 3 aromatic carbocycles. The molecule has 0 unspecified atom stereocenters. The number of anilines is 1. The lowest BCUT2D eigenvalue weighted by Gasteiger charge is -2.31. The Hall–Kier alpha value is -5.72. The molecule has 274 valence electrons. The minimum Gasteiger partial charge on any atom is -0.465 e. The summed E-state index contributed by atoms with van der Waals surface area (Å²) in [4.78, 5) is 68.0. The van der Waals surface area contributed by atoms with Crippen LogP contribution in [-0.4, -0.2) is 68.5 Å². The first-order chi connectivity index (χ1) is 24.7. The molecule has 10 nitrogen and oxygen atoms in total. The van der Waals surface area contributed by atoms with E-state index < -0.39 is 53.5 Å². The number of benzene rings is 3. The van der Waals surface area contributed by atoms with Crippen molar-refractivity contribution in [2.24, 2.45) is 5.41 Å². The number of halogens is 3. The molecule has 1 N–H and O–H groups in total. The first-order valence-corrected chi connectivity index (χ1v) is 16.5. The Bertz CT molecular complexity index is 1860. The molecule has 52 heavy (non-hydrogen) atoms. The number of allylic oxidation sites excluding steroid dienone is 3. The summed E-state index contributed by atoms with van der Waals surface area (Å²) in [5.41, 5.74) is -1.07. The highest BCUT2D eigenvalue weighted by atomic mass is 19.4. The van der Waals surface area contributed by atoms with E-state index in [0.29, 0.717) is 35.1 Å². The number of alkyl halides is 3. The van der Waals surface area contributed by atoms with Gasteiger partial charge in [0.15, 0.2) is 0 Å². The van der Waals surface area contributed by atoms with Crippen LogP contribution in [-0.2, 0) is 41.2 Å². The molecule has 0 saturated heterocycles. The van der Waals surface area contributed by atoms with Crippen LogP contribution in [0, 0.1) is 5.41 Å². The molecule has 1 aliphatic carbocycles. The third-order valence-corrected chi connectivity index (χ3v) is 8.27. The van der Waals surface area contributed by atoms with Gasteiger partial charge in [-0.3, -0.25) is 24.0 Å². The van der Waals surface area contributed by atoms with Gasteiger partial charge in [-0.25, -0.2) is 0 Å². The summed E-state index contributed by atoms with van der Waals surface area (Å²) in [6.45, 7) is 2.46. The van der Waals surface area contributed by atoms with Crippen molar-refractivity contribution in [1.29, 1.82) is 0 Å². The fraction of sp³-hybridized carbons (Fsp3) is 0.308. The summed E-state index contributed by atoms with van der Waals surface area (Å²) in [5.74, 6) is -3.74. The van der Waals surface area contributed by atoms with E-state index in [9.17, 15) is 37.1 Å². The van der Waals surface area contributed by atoms with Crippen molar-refractivity contribution in [1.82, 2.24) is 4.90 Å². The van der Waals surface area contributed by atoms with Crippen LogP contribution in [0.1, 0.15) is 58.5 Å². The van der Waals surface area contributed by atoms with Gasteiger partial charge in [0.2, 0.25) is 5.41 Å². The Morgan fingerprint density at radius 1 is 0.827 bits per heavy atom. The Kier molecular flexibility index (Phi) is 12.8. The quantitative estimate of drug-likeness (QED) is 0.116. The fourth-order valence-corrected chi connectivity index (χ4v) is 5.62. The van der Waals surface area contributed by atoms with Crippen LogP contribution in [0.4, 0.5) is 18.9 Å². The highest BCUT2D eigenvalue weighted by Crippen LogP contribution is 2.37. The number of amides is 2. The lowest BCUT2D eigenvalue weighted by atomic mass is 9.77. The van der Waals surface area contributed by atoms with Gasteiger partial charge in [-0.05, 0) is 79.3 Å². The van der Waals surface area contributed by atoms with Crippen molar-refractivity contribution in [3.05, 3.63) is 113 Å². The van der Waals surface area contributed by atoms with Gasteiger partial charge in [-0.1, -0.05) is 54.6 Å². The number of nitrogens with zero attached hydrogens (tertiary/aromatic N) is 1. The summed E-state index contributed by atoms with van der Waals surface area (Å²) in [6, 6.07) is 15.1. The number of carbonyl (C=O) groups excluding carboxylic acids is 5. The molecular formula is C39H39F3N2O8. The van der Waals surface area contributed by atoms with E-state index >= 15 is 0 Å². The minimum atomic E-state index is -4.52. The number of nitrogens with one attached hydrogen (secondary N) is 1. The standard InChI is InChI=1S/C39H39F3N2O8/c1-5-50-36(48)38(37(49)51-6-2,27-12-8-7-9-13-27)24-52-33(45)23-25-16-21-32(31(22-25)35(47)44(3)4)43-34(46)30-15-11-10-14-29(30)26-17-19-28(20-18-26)39(40,41)42/h7-8,10-12,14-22H,5-6,9,13,23-24H2,1-4H3,(H,43,46). The number of carbonyl (C=O) groups is 5. The third kappa shape index (κ3) is 8.95. The monoisotopic (exact) mass is 720 g/mol. The van der Waals surface area contributed by atoms with Crippen molar-refractivity contribution < 1.29 is 51.4 Å². The maximum Gasteiger partial charge on any atom is 0.416 e. The van der Waals surface area contributed by atoms with E-state index in [4.69, 9.17) is 14.2 Å². The van der Waals surface area contributed by atoms with Crippen LogP contribution in [0.5, 0.6) is 0 Å². The van der Waals surface area contributed by atoms with Crippen LogP contribution >= 0.6 is 0 Å². The summed E-state index contributed by atoms with van der Waals surface area (Å²) in [5, 5.41) is 2.72. The maximum atomic E-state index is 13.6. The van der Waals surface area contributed by atoms with Crippen molar-refractivity contribution in [2.45, 2.75) is 39.3 Å². The van der Waals surface area contributed by atoms with Gasteiger partial charge >= 0.3 is 24.1 Å². The van der Waals surface area contributed by atoms with E-state index in [1.165, 1.54) is 55.4 Å². The molecule has 1 aliphatic rings. The van der Waals surface area contributed by atoms with Crippen molar-refractivity contribution >= 4 is 35.4 Å². The van der Waals surface area contributed by atoms with Crippen LogP contribution in [0.3, 0.4) is 0 Å². The zero-order chi connectivity index (χ0) is 38.1. The van der Waals surface area contributed by atoms with Gasteiger partial charge in [-0.2, -0.15) is 13.2 Å². The molecule has 0 fully saturated rings. The van der Waals surface area contributed by atoms with Gasteiger partial charge < -0.3 is 24.4 Å². The molecule has 0 bridgehead atoms. The van der Waals surface area contributed by atoms with Gasteiger partial charge in [-0.15, -0.1) is 0 Å². The molecule has 4 rings (SSSR count). The van der Waals surface area contributed by atoms with E-state index in [2.05, 4.69) is 5.32 Å². The molecular weight excluding hydrogens is 681 g/mol. The predicted molar refractivity (Wildman–Crippen MR) is 186 cm³/mol. The molecule has 3 aromatic rings. The molecule has 13 heteroatoms. The molecule has 0 aliphatic heterocycles. The zero-order valence-electron chi connectivity index (χ0n) is 29.2. The topological polar surface area (TPSA) is 128 Å². The minimum absolute atomic E-state index is 0.0245. The van der Waals surface area contributed by atoms with Crippen LogP contribution in [0.15, 0.2) is 90.5 Å². The fourth-order valence-electron chi connectivity index (χ4n) is 5.62. The first kappa shape index (κ1) is 39.1. The summed E-state index contributed by atoms with van der Waals surface area (Å²) in [7, 11) is 3.02. The second kappa shape index (κ2) is 17.0. The largest absolute Gasteiger partial charge is 0.465 e. The smallest absolute Gasteiger partial charge is 0.416 e. The van der Waals surface area contributed by atoms with Gasteiger partial charge in [0, 0.05) is 19.7 Å². The molecule has 0 radical (unpaired) electrons. The second-order valence-electron chi connectivity index (χ2n) is 12.0. The van der Waals surface area contributed by atoms with Crippen LogP contribution < -0.4 is 5.32 Å². The molecule has 0 aromatic heterocycles. The van der Waals surface area contributed by atoms with Gasteiger partial charge in [0.25, 0.3) is 11.8 Å². The summed E-state index contributed by atoms with van der Waals surface area (Å²) < 4.78 is 55.5. The normalized spacial score (nSPS) is 12.7. The van der Waals surface area contributed by atoms with E-state index in [1.807, 2.05) is 6.08 Å². The summed E-state index contributed by atoms with van der Waals surface area (Å²) in [6.07, 6.45) is 1.18. The highest BCUT2D eigenvalue weighted by molar-refractivity contribution is 6.12. The molecule has 0 atom stereocenters. The van der Waals surface area contributed by atoms with E-state index in [-0.39, 0.29) is 36.4 Å². The highest BCUT2D eigenvalue weighted by Gasteiger charge is 2.53. The number of rotatable bonds is 13. The summed E-state index contributed by atoms with van der Waals surface area (Å²) >= 11 is 0. The van der Waals surface area contributed by atoms with E-state index in [0.717, 1.165) is 12.1 Å². The zero-order valence-corrected chi connectivity index (χ0v) is 29.2. The molecule has 0 spiro atoms. The lowest BCUT2D eigenvalue weighted by molar-refractivity contribution is -0.175. The number of hydrogen-bond acceptors (Lipinski definition) is 8. The average Bonchev–Trinajstić information content (AvgIpc) is 3.12. The van der Waals surface area contributed by atoms with Gasteiger partial charge in [0.1, 0.15) is 6.61 Å². The Morgan fingerprint density at radius 2 is 1.48 bits per heavy atom. The van der Waals surface area contributed by atoms with Crippen LogP contribution in [0.2, 0.25) is 0 Å². The third-order valence-electron chi connectivity index (χ3n) is 8.27. The SMILES string of the molecule is CCOC(=O)C(COC(=O)Cc1ccc(NC(=O)c2ccccc2-c2ccc(C(F)(F)F)cc2)c(C(=O)N(C)C)c1)(C(=O)OCC)C1=CC=CCC1. The number of ether oxygens (including phenoxy) is 3. The van der Waals surface area contributed by atoms with Crippen LogP contribution in [0.25, 0.3) is 11.1 Å². The Morgan fingerprint density at radius 3 is 2.06 bits per heavy atom. The Balaban J connectivity index is 1.59. The average molecular weight is 721 g/mol. The van der Waals surface area contributed by atoms with Crippen molar-refractivity contribution in [2.75, 3.05) is 39.2 Å². The maximum absolute atomic E-state index is 13.6. The van der Waals surface area contributed by atoms with Gasteiger partial charge in [0.05, 0.1) is 36.4 Å². The Labute approximate surface area is 299 Å².